The van der Waals surface area contributed by atoms with Gasteiger partial charge in [0.1, 0.15) is 6.61 Å². The van der Waals surface area contributed by atoms with Crippen molar-refractivity contribution in [2.24, 2.45) is 5.41 Å². The van der Waals surface area contributed by atoms with Crippen LogP contribution < -0.4 is 0 Å². The van der Waals surface area contributed by atoms with Crippen molar-refractivity contribution in [1.29, 1.82) is 0 Å². The highest BCUT2D eigenvalue weighted by atomic mass is 32.2. The van der Waals surface area contributed by atoms with Crippen LogP contribution in [0.1, 0.15) is 60.9 Å². The molecular weight excluding hydrogens is 326 g/mol. The second kappa shape index (κ2) is 5.85. The van der Waals surface area contributed by atoms with Crippen LogP contribution in [0.25, 0.3) is 0 Å². The van der Waals surface area contributed by atoms with E-state index in [4.69, 9.17) is 4.74 Å². The molecule has 24 heavy (non-hydrogen) atoms. The summed E-state index contributed by atoms with van der Waals surface area (Å²) in [5.74, 6) is -0.426. The minimum absolute atomic E-state index is 0.166. The Morgan fingerprint density at radius 3 is 2.58 bits per heavy atom. The van der Waals surface area contributed by atoms with Gasteiger partial charge in [-0.25, -0.2) is 13.2 Å². The van der Waals surface area contributed by atoms with Gasteiger partial charge in [-0.3, -0.25) is 0 Å². The molecule has 0 bridgehead atoms. The molecule has 5 nitrogen and oxygen atoms in total. The average molecular weight is 349 g/mol. The molecule has 1 saturated carbocycles. The van der Waals surface area contributed by atoms with Crippen LogP contribution in [0.2, 0.25) is 0 Å². The number of carbonyl (C=O) groups excluding carboxylic acids is 1. The summed E-state index contributed by atoms with van der Waals surface area (Å²) in [6, 6.07) is 4.80. The number of fused-ring (bicyclic) bond motifs is 1. The quantitative estimate of drug-likeness (QED) is 0.770. The number of hydrogen-bond donors (Lipinski definition) is 0. The van der Waals surface area contributed by atoms with E-state index in [0.29, 0.717) is 18.7 Å². The summed E-state index contributed by atoms with van der Waals surface area (Å²) < 4.78 is 32.8. The van der Waals surface area contributed by atoms with Gasteiger partial charge in [0.2, 0.25) is 10.0 Å². The number of rotatable bonds is 2. The molecule has 6 heteroatoms. The van der Waals surface area contributed by atoms with Crippen molar-refractivity contribution in [3.63, 3.8) is 0 Å². The molecule has 2 fully saturated rings. The second-order valence-corrected chi connectivity index (χ2v) is 9.34. The van der Waals surface area contributed by atoms with Gasteiger partial charge in [-0.2, -0.15) is 4.31 Å². The van der Waals surface area contributed by atoms with Crippen LogP contribution in [-0.2, 0) is 21.4 Å². The third-order valence-corrected chi connectivity index (χ3v) is 7.68. The first-order valence-corrected chi connectivity index (χ1v) is 10.2. The van der Waals surface area contributed by atoms with Crippen LogP contribution >= 0.6 is 0 Å². The van der Waals surface area contributed by atoms with Gasteiger partial charge in [0.05, 0.1) is 10.5 Å². The first-order chi connectivity index (χ1) is 11.5. The number of carbonyl (C=O) groups is 1. The standard InChI is InChI=1S/C18H23NO4S/c20-17-16-11-15(6-5-14(16)12-23-17)24(21,22)19-10-4-9-18(13-19)7-2-1-3-8-18/h5-6,11H,1-4,7-10,12-13H2. The Kier molecular flexibility index (Phi) is 3.92. The molecular formula is C18H23NO4S. The average Bonchev–Trinajstić information content (AvgIpc) is 2.96. The molecule has 130 valence electrons. The Bertz CT molecular complexity index is 760. The Labute approximate surface area is 143 Å². The van der Waals surface area contributed by atoms with Crippen molar-refractivity contribution in [3.8, 4) is 0 Å². The lowest BCUT2D eigenvalue weighted by Crippen LogP contribution is -2.46. The number of hydrogen-bond acceptors (Lipinski definition) is 4. The van der Waals surface area contributed by atoms with Gasteiger partial charge in [-0.05, 0) is 43.2 Å². The van der Waals surface area contributed by atoms with E-state index in [1.807, 2.05) is 0 Å². The molecule has 0 unspecified atom stereocenters. The van der Waals surface area contributed by atoms with Crippen molar-refractivity contribution >= 4 is 16.0 Å². The fourth-order valence-corrected chi connectivity index (χ4v) is 6.10. The number of nitrogens with zero attached hydrogens (tertiary/aromatic N) is 1. The highest BCUT2D eigenvalue weighted by Gasteiger charge is 2.40. The molecule has 1 aromatic rings. The Balaban J connectivity index is 1.63. The van der Waals surface area contributed by atoms with Crippen LogP contribution in [0, 0.1) is 5.41 Å². The highest BCUT2D eigenvalue weighted by Crippen LogP contribution is 2.44. The fraction of sp³-hybridized carbons (Fsp3) is 0.611. The lowest BCUT2D eigenvalue weighted by molar-refractivity contribution is 0.0535. The summed E-state index contributed by atoms with van der Waals surface area (Å²) in [7, 11) is -3.56. The molecule has 1 saturated heterocycles. The van der Waals surface area contributed by atoms with Crippen LogP contribution in [-0.4, -0.2) is 31.8 Å². The first kappa shape index (κ1) is 16.1. The number of ether oxygens (including phenoxy) is 1. The van der Waals surface area contributed by atoms with Crippen LogP contribution in [0.5, 0.6) is 0 Å². The predicted octanol–water partition coefficient (Wildman–Crippen LogP) is 3.09. The zero-order valence-corrected chi connectivity index (χ0v) is 14.6. The second-order valence-electron chi connectivity index (χ2n) is 7.40. The molecule has 3 aliphatic rings. The van der Waals surface area contributed by atoms with E-state index in [1.54, 1.807) is 16.4 Å². The van der Waals surface area contributed by atoms with Crippen molar-refractivity contribution in [3.05, 3.63) is 29.3 Å². The molecule has 1 aromatic carbocycles. The summed E-state index contributed by atoms with van der Waals surface area (Å²) in [5, 5.41) is 0. The topological polar surface area (TPSA) is 63.7 Å². The molecule has 0 radical (unpaired) electrons. The Morgan fingerprint density at radius 2 is 1.79 bits per heavy atom. The molecule has 1 spiro atoms. The van der Waals surface area contributed by atoms with Crippen LogP contribution in [0.4, 0.5) is 0 Å². The summed E-state index contributed by atoms with van der Waals surface area (Å²) in [4.78, 5) is 11.9. The first-order valence-electron chi connectivity index (χ1n) is 8.81. The van der Waals surface area contributed by atoms with E-state index in [2.05, 4.69) is 0 Å². The van der Waals surface area contributed by atoms with Gasteiger partial charge in [0.15, 0.2) is 0 Å². The molecule has 0 aromatic heterocycles. The highest BCUT2D eigenvalue weighted by molar-refractivity contribution is 7.89. The largest absolute Gasteiger partial charge is 0.457 e. The van der Waals surface area contributed by atoms with Crippen molar-refractivity contribution in [1.82, 2.24) is 4.31 Å². The van der Waals surface area contributed by atoms with E-state index in [1.165, 1.54) is 25.3 Å². The lowest BCUT2D eigenvalue weighted by Gasteiger charge is -2.44. The smallest absolute Gasteiger partial charge is 0.338 e. The van der Waals surface area contributed by atoms with Gasteiger partial charge in [0.25, 0.3) is 0 Å². The van der Waals surface area contributed by atoms with E-state index in [-0.39, 0.29) is 16.9 Å². The molecule has 1 aliphatic carbocycles. The van der Waals surface area contributed by atoms with Crippen molar-refractivity contribution < 1.29 is 17.9 Å². The Hall–Kier alpha value is -1.40. The third-order valence-electron chi connectivity index (χ3n) is 5.84. The van der Waals surface area contributed by atoms with Gasteiger partial charge in [-0.1, -0.05) is 25.3 Å². The number of esters is 1. The van der Waals surface area contributed by atoms with Crippen molar-refractivity contribution in [2.45, 2.75) is 56.4 Å². The van der Waals surface area contributed by atoms with Gasteiger partial charge in [0, 0.05) is 18.7 Å². The maximum absolute atomic E-state index is 13.1. The molecule has 2 aliphatic heterocycles. The van der Waals surface area contributed by atoms with Gasteiger partial charge in [-0.15, -0.1) is 0 Å². The minimum Gasteiger partial charge on any atom is -0.457 e. The van der Waals surface area contributed by atoms with Gasteiger partial charge < -0.3 is 4.74 Å². The summed E-state index contributed by atoms with van der Waals surface area (Å²) >= 11 is 0. The molecule has 0 atom stereocenters. The van der Waals surface area contributed by atoms with Crippen LogP contribution in [0.3, 0.4) is 0 Å². The number of benzene rings is 1. The van der Waals surface area contributed by atoms with E-state index in [9.17, 15) is 13.2 Å². The molecule has 0 amide bonds. The van der Waals surface area contributed by atoms with E-state index < -0.39 is 16.0 Å². The minimum atomic E-state index is -3.56. The predicted molar refractivity (Wildman–Crippen MR) is 89.1 cm³/mol. The normalized spacial score (nSPS) is 23.9. The zero-order valence-electron chi connectivity index (χ0n) is 13.8. The monoisotopic (exact) mass is 349 g/mol. The van der Waals surface area contributed by atoms with Crippen LogP contribution in [0.15, 0.2) is 23.1 Å². The SMILES string of the molecule is O=C1OCc2ccc(S(=O)(=O)N3CCCC4(CCCCC4)C3)cc21. The lowest BCUT2D eigenvalue weighted by atomic mass is 9.70. The fourth-order valence-electron chi connectivity index (χ4n) is 4.48. The summed E-state index contributed by atoms with van der Waals surface area (Å²) in [5.41, 5.74) is 1.32. The molecule has 4 rings (SSSR count). The maximum Gasteiger partial charge on any atom is 0.338 e. The van der Waals surface area contributed by atoms with E-state index >= 15 is 0 Å². The molecule has 0 N–H and O–H groups in total. The van der Waals surface area contributed by atoms with E-state index in [0.717, 1.165) is 31.2 Å². The van der Waals surface area contributed by atoms with Crippen molar-refractivity contribution in [2.75, 3.05) is 13.1 Å². The number of sulfonamides is 1. The zero-order chi connectivity index (χ0) is 16.8. The maximum atomic E-state index is 13.1. The number of piperidine rings is 1. The van der Waals surface area contributed by atoms with Gasteiger partial charge >= 0.3 is 5.97 Å². The molecule has 2 heterocycles. The summed E-state index contributed by atoms with van der Waals surface area (Å²) in [6.07, 6.45) is 8.01. The third kappa shape index (κ3) is 2.65. The number of cyclic esters (lactones) is 1. The Morgan fingerprint density at radius 1 is 1.04 bits per heavy atom. The summed E-state index contributed by atoms with van der Waals surface area (Å²) in [6.45, 7) is 1.43.